The number of hydrogen-bond acceptors (Lipinski definition) is 3. The monoisotopic (exact) mass is 424 g/mol. The lowest BCUT2D eigenvalue weighted by Crippen LogP contribution is -2.41. The molecule has 1 aromatic carbocycles. The molecule has 0 fully saturated rings. The lowest BCUT2D eigenvalue weighted by atomic mass is 9.74. The molecule has 0 spiro atoms. The summed E-state index contributed by atoms with van der Waals surface area (Å²) in [5, 5.41) is 0. The van der Waals surface area contributed by atoms with Gasteiger partial charge in [0.1, 0.15) is 5.75 Å². The molecule has 0 aliphatic heterocycles. The second-order valence-electron chi connectivity index (χ2n) is 8.29. The van der Waals surface area contributed by atoms with Crippen molar-refractivity contribution in [1.29, 1.82) is 0 Å². The molecule has 166 valence electrons. The van der Waals surface area contributed by atoms with Gasteiger partial charge in [0.25, 0.3) is 0 Å². The van der Waals surface area contributed by atoms with Crippen molar-refractivity contribution >= 4 is 5.97 Å². The van der Waals surface area contributed by atoms with Crippen LogP contribution in [0.2, 0.25) is 0 Å². The molecule has 1 aromatic rings. The lowest BCUT2D eigenvalue weighted by Gasteiger charge is -2.31. The van der Waals surface area contributed by atoms with Gasteiger partial charge < -0.3 is 9.47 Å². The minimum absolute atomic E-state index is 0.187. The van der Waals surface area contributed by atoms with E-state index in [4.69, 9.17) is 4.74 Å². The van der Waals surface area contributed by atoms with Crippen molar-refractivity contribution in [1.82, 2.24) is 0 Å². The van der Waals surface area contributed by atoms with E-state index in [1.165, 1.54) is 0 Å². The summed E-state index contributed by atoms with van der Waals surface area (Å²) in [7, 11) is 0. The molecule has 0 heterocycles. The Bertz CT molecular complexity index is 651. The van der Waals surface area contributed by atoms with Crippen molar-refractivity contribution in [3.05, 3.63) is 29.8 Å². The van der Waals surface area contributed by atoms with Gasteiger partial charge in [-0.3, -0.25) is 0 Å². The first-order chi connectivity index (χ1) is 13.2. The molecule has 29 heavy (non-hydrogen) atoms. The molecule has 0 saturated carbocycles. The first-order valence-corrected chi connectivity index (χ1v) is 9.51. The van der Waals surface area contributed by atoms with Crippen LogP contribution in [0.5, 0.6) is 5.75 Å². The fourth-order valence-electron chi connectivity index (χ4n) is 2.73. The first kappa shape index (κ1) is 25.2. The number of halogens is 5. The topological polar surface area (TPSA) is 35.5 Å². The molecule has 0 bridgehead atoms. The van der Waals surface area contributed by atoms with E-state index < -0.39 is 31.3 Å². The number of benzene rings is 1. The summed E-state index contributed by atoms with van der Waals surface area (Å²) in [5.41, 5.74) is 1.30. The molecule has 0 saturated heterocycles. The fraction of sp³-hybridized carbons (Fsp3) is 0.667. The maximum Gasteiger partial charge on any atom is 0.456 e. The summed E-state index contributed by atoms with van der Waals surface area (Å²) >= 11 is 0. The Morgan fingerprint density at radius 1 is 1.03 bits per heavy atom. The normalized spacial score (nSPS) is 14.0. The molecular formula is C21H29F5O3. The average Bonchev–Trinajstić information content (AvgIpc) is 2.62. The third-order valence-electron chi connectivity index (χ3n) is 5.03. The Kier molecular flexibility index (Phi) is 8.47. The molecule has 0 aliphatic rings. The number of hydrogen-bond donors (Lipinski definition) is 0. The van der Waals surface area contributed by atoms with Crippen molar-refractivity contribution in [2.24, 2.45) is 11.3 Å². The Morgan fingerprint density at radius 3 is 2.03 bits per heavy atom. The predicted molar refractivity (Wildman–Crippen MR) is 100 cm³/mol. The summed E-state index contributed by atoms with van der Waals surface area (Å²) in [6.07, 6.45) is -3.72. The van der Waals surface area contributed by atoms with Gasteiger partial charge in [0.05, 0.1) is 0 Å². The zero-order valence-electron chi connectivity index (χ0n) is 17.4. The van der Waals surface area contributed by atoms with Gasteiger partial charge in [-0.1, -0.05) is 53.2 Å². The van der Waals surface area contributed by atoms with E-state index >= 15 is 0 Å². The summed E-state index contributed by atoms with van der Waals surface area (Å²) in [4.78, 5) is 11.4. The van der Waals surface area contributed by atoms with E-state index in [9.17, 15) is 26.7 Å². The van der Waals surface area contributed by atoms with Crippen LogP contribution < -0.4 is 4.74 Å². The second-order valence-corrected chi connectivity index (χ2v) is 8.29. The lowest BCUT2D eigenvalue weighted by molar-refractivity contribution is -0.294. The minimum atomic E-state index is -5.77. The van der Waals surface area contributed by atoms with Crippen LogP contribution in [0.3, 0.4) is 0 Å². The maximum atomic E-state index is 12.7. The van der Waals surface area contributed by atoms with Crippen molar-refractivity contribution in [3.8, 4) is 5.75 Å². The van der Waals surface area contributed by atoms with Gasteiger partial charge in [0.15, 0.2) is 13.2 Å². The average molecular weight is 424 g/mol. The zero-order valence-corrected chi connectivity index (χ0v) is 17.4. The van der Waals surface area contributed by atoms with Crippen molar-refractivity contribution < 1.29 is 36.2 Å². The van der Waals surface area contributed by atoms with Gasteiger partial charge in [-0.2, -0.15) is 22.0 Å². The Balaban J connectivity index is 2.64. The van der Waals surface area contributed by atoms with Gasteiger partial charge >= 0.3 is 18.1 Å². The molecule has 0 radical (unpaired) electrons. The predicted octanol–water partition coefficient (Wildman–Crippen LogP) is 6.37. The Labute approximate surface area is 168 Å². The first-order valence-electron chi connectivity index (χ1n) is 9.51. The summed E-state index contributed by atoms with van der Waals surface area (Å²) in [6.45, 7) is 8.05. The molecule has 1 atom stereocenters. The number of ether oxygens (including phenoxy) is 2. The second kappa shape index (κ2) is 9.76. The largest absolute Gasteiger partial charge is 0.482 e. The number of carbonyl (C=O) groups excluding carboxylic acids is 1. The minimum Gasteiger partial charge on any atom is -0.482 e. The highest BCUT2D eigenvalue weighted by Gasteiger charge is 2.58. The maximum absolute atomic E-state index is 12.7. The van der Waals surface area contributed by atoms with Crippen molar-refractivity contribution in [2.45, 2.75) is 65.5 Å². The van der Waals surface area contributed by atoms with Gasteiger partial charge in [-0.25, -0.2) is 4.79 Å². The standard InChI is InChI=1S/C21H29F5O3/c1-6-19(4,5)11-17(14(2)3)15-7-9-16(10-8-15)28-12-18(27)29-13-20(22,23)21(24,25)26/h7-10,14,17H,6,11-13H2,1-5H3. The molecule has 1 unspecified atom stereocenters. The van der Waals surface area contributed by atoms with Gasteiger partial charge in [-0.15, -0.1) is 0 Å². The van der Waals surface area contributed by atoms with E-state index in [1.807, 2.05) is 12.1 Å². The third kappa shape index (κ3) is 7.82. The van der Waals surface area contributed by atoms with Gasteiger partial charge in [0.2, 0.25) is 0 Å². The Hall–Kier alpha value is -1.86. The molecule has 3 nitrogen and oxygen atoms in total. The van der Waals surface area contributed by atoms with E-state index in [0.717, 1.165) is 18.4 Å². The van der Waals surface area contributed by atoms with E-state index in [-0.39, 0.29) is 5.41 Å². The number of rotatable bonds is 10. The van der Waals surface area contributed by atoms with Gasteiger partial charge in [-0.05, 0) is 41.4 Å². The molecule has 0 aromatic heterocycles. The number of alkyl halides is 5. The van der Waals surface area contributed by atoms with E-state index in [2.05, 4.69) is 39.4 Å². The van der Waals surface area contributed by atoms with Crippen LogP contribution in [0, 0.1) is 11.3 Å². The number of carbonyl (C=O) groups is 1. The summed E-state index contributed by atoms with van der Waals surface area (Å²) in [6, 6.07) is 7.02. The highest BCUT2D eigenvalue weighted by Crippen LogP contribution is 2.39. The molecule has 0 N–H and O–H groups in total. The Morgan fingerprint density at radius 2 is 1.59 bits per heavy atom. The molecule has 0 aliphatic carbocycles. The molecule has 0 amide bonds. The molecule has 1 rings (SSSR count). The van der Waals surface area contributed by atoms with E-state index in [1.54, 1.807) is 12.1 Å². The fourth-order valence-corrected chi connectivity index (χ4v) is 2.73. The zero-order chi connectivity index (χ0) is 22.5. The summed E-state index contributed by atoms with van der Waals surface area (Å²) in [5.74, 6) is -5.36. The smallest absolute Gasteiger partial charge is 0.456 e. The van der Waals surface area contributed by atoms with Crippen LogP contribution in [0.1, 0.15) is 58.9 Å². The molecule has 8 heteroatoms. The van der Waals surface area contributed by atoms with Crippen molar-refractivity contribution in [2.75, 3.05) is 13.2 Å². The molecular weight excluding hydrogens is 395 g/mol. The van der Waals surface area contributed by atoms with Crippen LogP contribution >= 0.6 is 0 Å². The SMILES string of the molecule is CCC(C)(C)CC(c1ccc(OCC(=O)OCC(F)(F)C(F)(F)F)cc1)C(C)C. The number of esters is 1. The highest BCUT2D eigenvalue weighted by atomic mass is 19.4. The van der Waals surface area contributed by atoms with Crippen LogP contribution in [0.15, 0.2) is 24.3 Å². The van der Waals surface area contributed by atoms with E-state index in [0.29, 0.717) is 17.6 Å². The quantitative estimate of drug-likeness (QED) is 0.323. The third-order valence-corrected chi connectivity index (χ3v) is 5.03. The van der Waals surface area contributed by atoms with Crippen LogP contribution in [0.4, 0.5) is 22.0 Å². The van der Waals surface area contributed by atoms with Crippen LogP contribution in [-0.4, -0.2) is 31.3 Å². The van der Waals surface area contributed by atoms with Gasteiger partial charge in [0, 0.05) is 0 Å². The highest BCUT2D eigenvalue weighted by molar-refractivity contribution is 5.71. The van der Waals surface area contributed by atoms with Crippen LogP contribution in [-0.2, 0) is 9.53 Å². The summed E-state index contributed by atoms with van der Waals surface area (Å²) < 4.78 is 70.7. The van der Waals surface area contributed by atoms with Crippen molar-refractivity contribution in [3.63, 3.8) is 0 Å². The van der Waals surface area contributed by atoms with Crippen LogP contribution in [0.25, 0.3) is 0 Å².